The maximum Gasteiger partial charge on any atom is 0.236 e. The van der Waals surface area contributed by atoms with Gasteiger partial charge in [0.1, 0.15) is 5.75 Å². The predicted molar refractivity (Wildman–Crippen MR) is 72.9 cm³/mol. The molecule has 1 rings (SSSR count). The summed E-state index contributed by atoms with van der Waals surface area (Å²) >= 11 is 0. The lowest BCUT2D eigenvalue weighted by Gasteiger charge is -2.19. The van der Waals surface area contributed by atoms with Gasteiger partial charge < -0.3 is 15.0 Å². The number of aryl methyl sites for hydroxylation is 2. The van der Waals surface area contributed by atoms with Crippen molar-refractivity contribution >= 4 is 5.91 Å². The second kappa shape index (κ2) is 6.40. The number of rotatable bonds is 5. The third-order valence-electron chi connectivity index (χ3n) is 3.06. The van der Waals surface area contributed by atoms with Crippen molar-refractivity contribution in [3.63, 3.8) is 0 Å². The zero-order valence-electron chi connectivity index (χ0n) is 11.8. The van der Waals surface area contributed by atoms with Gasteiger partial charge in [-0.1, -0.05) is 6.07 Å². The fourth-order valence-electron chi connectivity index (χ4n) is 1.79. The Bertz CT molecular complexity index is 430. The van der Waals surface area contributed by atoms with Crippen LogP contribution in [0.3, 0.4) is 0 Å². The highest BCUT2D eigenvalue weighted by Crippen LogP contribution is 2.24. The van der Waals surface area contributed by atoms with Gasteiger partial charge in [0.2, 0.25) is 5.91 Å². The number of carbonyl (C=O) groups is 1. The molecule has 0 heterocycles. The largest absolute Gasteiger partial charge is 0.496 e. The first-order chi connectivity index (χ1) is 8.49. The van der Waals surface area contributed by atoms with Crippen LogP contribution < -0.4 is 10.1 Å². The summed E-state index contributed by atoms with van der Waals surface area (Å²) in [7, 11) is 5.22. The summed E-state index contributed by atoms with van der Waals surface area (Å²) in [6, 6.07) is 4.10. The standard InChI is InChI=1S/C14H22N2O2/c1-10-6-12(13(18-5)7-11(10)2)9-16(4)14(17)8-15-3/h6-7,15H,8-9H2,1-5H3. The summed E-state index contributed by atoms with van der Waals surface area (Å²) in [5.41, 5.74) is 3.44. The number of nitrogens with zero attached hydrogens (tertiary/aromatic N) is 1. The van der Waals surface area contributed by atoms with E-state index in [-0.39, 0.29) is 5.91 Å². The van der Waals surface area contributed by atoms with Gasteiger partial charge in [0.15, 0.2) is 0 Å². The van der Waals surface area contributed by atoms with Crippen LogP contribution >= 0.6 is 0 Å². The molecule has 0 saturated heterocycles. The molecule has 4 heteroatoms. The SMILES string of the molecule is CNCC(=O)N(C)Cc1cc(C)c(C)cc1OC. The Hall–Kier alpha value is -1.55. The number of methoxy groups -OCH3 is 1. The average Bonchev–Trinajstić information content (AvgIpc) is 2.33. The molecule has 0 aliphatic rings. The number of ether oxygens (including phenoxy) is 1. The Kier molecular flexibility index (Phi) is 5.16. The van der Waals surface area contributed by atoms with Crippen LogP contribution in [-0.2, 0) is 11.3 Å². The Balaban J connectivity index is 2.89. The van der Waals surface area contributed by atoms with Gasteiger partial charge in [-0.25, -0.2) is 0 Å². The van der Waals surface area contributed by atoms with E-state index < -0.39 is 0 Å². The molecule has 0 unspecified atom stereocenters. The molecule has 4 nitrogen and oxygen atoms in total. The number of hydrogen-bond donors (Lipinski definition) is 1. The Morgan fingerprint density at radius 3 is 2.50 bits per heavy atom. The molecule has 18 heavy (non-hydrogen) atoms. The minimum absolute atomic E-state index is 0.0674. The molecule has 1 amide bonds. The fraction of sp³-hybridized carbons (Fsp3) is 0.500. The monoisotopic (exact) mass is 250 g/mol. The maximum absolute atomic E-state index is 11.7. The molecule has 0 aromatic heterocycles. The first-order valence-corrected chi connectivity index (χ1v) is 6.02. The first kappa shape index (κ1) is 14.5. The van der Waals surface area contributed by atoms with Crippen molar-refractivity contribution in [2.45, 2.75) is 20.4 Å². The topological polar surface area (TPSA) is 41.6 Å². The molecular formula is C14H22N2O2. The fourth-order valence-corrected chi connectivity index (χ4v) is 1.79. The molecule has 0 spiro atoms. The van der Waals surface area contributed by atoms with Crippen molar-refractivity contribution in [3.05, 3.63) is 28.8 Å². The number of hydrogen-bond acceptors (Lipinski definition) is 3. The third kappa shape index (κ3) is 3.47. The van der Waals surface area contributed by atoms with Crippen molar-refractivity contribution in [1.82, 2.24) is 10.2 Å². The van der Waals surface area contributed by atoms with E-state index >= 15 is 0 Å². The smallest absolute Gasteiger partial charge is 0.236 e. The molecule has 0 saturated carbocycles. The molecular weight excluding hydrogens is 228 g/mol. The Morgan fingerprint density at radius 2 is 1.94 bits per heavy atom. The minimum Gasteiger partial charge on any atom is -0.496 e. The zero-order chi connectivity index (χ0) is 13.7. The molecule has 0 aliphatic carbocycles. The zero-order valence-corrected chi connectivity index (χ0v) is 11.8. The lowest BCUT2D eigenvalue weighted by atomic mass is 10.0. The molecule has 0 fully saturated rings. The van der Waals surface area contributed by atoms with Gasteiger partial charge >= 0.3 is 0 Å². The van der Waals surface area contributed by atoms with Gasteiger partial charge in [0.05, 0.1) is 13.7 Å². The van der Waals surface area contributed by atoms with Gasteiger partial charge in [-0.05, 0) is 38.1 Å². The Morgan fingerprint density at radius 1 is 1.33 bits per heavy atom. The van der Waals surface area contributed by atoms with Crippen LogP contribution in [0.25, 0.3) is 0 Å². The van der Waals surface area contributed by atoms with E-state index in [1.807, 2.05) is 6.07 Å². The highest BCUT2D eigenvalue weighted by molar-refractivity contribution is 5.78. The van der Waals surface area contributed by atoms with Crippen LogP contribution in [0, 0.1) is 13.8 Å². The van der Waals surface area contributed by atoms with Gasteiger partial charge in [0, 0.05) is 19.2 Å². The summed E-state index contributed by atoms with van der Waals surface area (Å²) in [6.45, 7) is 5.03. The van der Waals surface area contributed by atoms with Crippen LogP contribution in [0.4, 0.5) is 0 Å². The van der Waals surface area contributed by atoms with Crippen molar-refractivity contribution in [1.29, 1.82) is 0 Å². The predicted octanol–water partition coefficient (Wildman–Crippen LogP) is 1.49. The van der Waals surface area contributed by atoms with Crippen molar-refractivity contribution < 1.29 is 9.53 Å². The van der Waals surface area contributed by atoms with E-state index in [0.717, 1.165) is 11.3 Å². The van der Waals surface area contributed by atoms with E-state index in [1.165, 1.54) is 11.1 Å². The van der Waals surface area contributed by atoms with Crippen molar-refractivity contribution in [2.24, 2.45) is 0 Å². The van der Waals surface area contributed by atoms with Crippen LogP contribution in [-0.4, -0.2) is 38.6 Å². The van der Waals surface area contributed by atoms with Gasteiger partial charge in [0.25, 0.3) is 0 Å². The van der Waals surface area contributed by atoms with Crippen LogP contribution in [0.2, 0.25) is 0 Å². The summed E-state index contributed by atoms with van der Waals surface area (Å²) in [5, 5.41) is 2.86. The van der Waals surface area contributed by atoms with Crippen molar-refractivity contribution in [3.8, 4) is 5.75 Å². The van der Waals surface area contributed by atoms with E-state index in [0.29, 0.717) is 13.1 Å². The maximum atomic E-state index is 11.7. The molecule has 0 atom stereocenters. The molecule has 1 aromatic rings. The van der Waals surface area contributed by atoms with E-state index in [1.54, 1.807) is 26.1 Å². The van der Waals surface area contributed by atoms with E-state index in [9.17, 15) is 4.79 Å². The lowest BCUT2D eigenvalue weighted by molar-refractivity contribution is -0.129. The van der Waals surface area contributed by atoms with Crippen LogP contribution in [0.15, 0.2) is 12.1 Å². The quantitative estimate of drug-likeness (QED) is 0.861. The molecule has 0 aliphatic heterocycles. The first-order valence-electron chi connectivity index (χ1n) is 6.02. The van der Waals surface area contributed by atoms with Gasteiger partial charge in [-0.15, -0.1) is 0 Å². The molecule has 1 N–H and O–H groups in total. The minimum atomic E-state index is 0.0674. The summed E-state index contributed by atoms with van der Waals surface area (Å²) in [6.07, 6.45) is 0. The number of carbonyl (C=O) groups excluding carboxylic acids is 1. The lowest BCUT2D eigenvalue weighted by Crippen LogP contribution is -2.33. The summed E-state index contributed by atoms with van der Waals surface area (Å²) in [4.78, 5) is 13.4. The normalized spacial score (nSPS) is 10.3. The van der Waals surface area contributed by atoms with Gasteiger partial charge in [-0.2, -0.15) is 0 Å². The molecule has 1 aromatic carbocycles. The molecule has 0 bridgehead atoms. The summed E-state index contributed by atoms with van der Waals surface area (Å²) in [5.74, 6) is 0.903. The van der Waals surface area contributed by atoms with Crippen LogP contribution in [0.1, 0.15) is 16.7 Å². The number of likely N-dealkylation sites (N-methyl/N-ethyl adjacent to an activating group) is 2. The third-order valence-corrected chi connectivity index (χ3v) is 3.06. The number of amides is 1. The average molecular weight is 250 g/mol. The van der Waals surface area contributed by atoms with Crippen LogP contribution in [0.5, 0.6) is 5.75 Å². The molecule has 0 radical (unpaired) electrons. The molecule has 100 valence electrons. The highest BCUT2D eigenvalue weighted by atomic mass is 16.5. The second-order valence-electron chi connectivity index (χ2n) is 4.53. The van der Waals surface area contributed by atoms with Crippen molar-refractivity contribution in [2.75, 3.05) is 27.7 Å². The second-order valence-corrected chi connectivity index (χ2v) is 4.53. The number of benzene rings is 1. The van der Waals surface area contributed by atoms with E-state index in [2.05, 4.69) is 25.2 Å². The number of nitrogens with one attached hydrogen (secondary N) is 1. The highest BCUT2D eigenvalue weighted by Gasteiger charge is 2.12. The van der Waals surface area contributed by atoms with E-state index in [4.69, 9.17) is 4.74 Å². The Labute approximate surface area is 109 Å². The van der Waals surface area contributed by atoms with Gasteiger partial charge in [-0.3, -0.25) is 4.79 Å². The summed E-state index contributed by atoms with van der Waals surface area (Å²) < 4.78 is 5.37.